The van der Waals surface area contributed by atoms with Crippen LogP contribution in [0, 0.1) is 5.92 Å². The van der Waals surface area contributed by atoms with Gasteiger partial charge in [0, 0.05) is 12.8 Å². The van der Waals surface area contributed by atoms with Gasteiger partial charge in [0.05, 0.1) is 25.9 Å². The minimum atomic E-state index is -4.88. The maximum absolute atomic E-state index is 12.6. The van der Waals surface area contributed by atoms with Crippen molar-refractivity contribution in [2.24, 2.45) is 5.92 Å². The van der Waals surface area contributed by atoms with Gasteiger partial charge in [-0.05, 0) is 50.9 Å². The Morgan fingerprint density at radius 3 is 1.88 bits per heavy atom. The lowest BCUT2D eigenvalue weighted by Crippen LogP contribution is -2.29. The number of aliphatic hydroxyl groups excluding tert-OH is 2. The topological polar surface area (TPSA) is 216 Å². The number of unbranched alkanes of at least 4 members (excludes halogenated alkanes) is 13. The minimum absolute atomic E-state index is 0.00372. The molecule has 0 aliphatic carbocycles. The molecule has 0 aromatic heterocycles. The third-order valence-electron chi connectivity index (χ3n) is 9.33. The number of carbonyl (C=O) groups excluding carboxylic acids is 2. The first-order valence-electron chi connectivity index (χ1n) is 21.8. The molecule has 14 nitrogen and oxygen atoms in total. The average Bonchev–Trinajstić information content (AvgIpc) is 3.19. The second-order valence-corrected chi connectivity index (χ2v) is 17.8. The lowest BCUT2D eigenvalue weighted by atomic mass is 9.99. The number of phosphoric acid groups is 2. The molecule has 0 aromatic carbocycles. The van der Waals surface area contributed by atoms with Crippen molar-refractivity contribution < 1.29 is 66.7 Å². The molecule has 344 valence electrons. The Balaban J connectivity index is 4.71. The Labute approximate surface area is 354 Å². The fraction of sp³-hybridized carbons (Fsp3) is 0.767. The molecular weight excluding hydrogens is 802 g/mol. The first kappa shape index (κ1) is 57.0. The largest absolute Gasteiger partial charge is 0.472 e. The summed E-state index contributed by atoms with van der Waals surface area (Å²) < 4.78 is 47.6. The highest BCUT2D eigenvalue weighted by atomic mass is 31.2. The van der Waals surface area contributed by atoms with Gasteiger partial charge in [0.2, 0.25) is 0 Å². The third kappa shape index (κ3) is 41.2. The van der Waals surface area contributed by atoms with Gasteiger partial charge in [-0.15, -0.1) is 0 Å². The fourth-order valence-corrected chi connectivity index (χ4v) is 6.73. The monoisotopic (exact) mass is 880 g/mol. The van der Waals surface area contributed by atoms with Crippen LogP contribution in [0.5, 0.6) is 0 Å². The van der Waals surface area contributed by atoms with Crippen LogP contribution in [-0.2, 0) is 41.8 Å². The van der Waals surface area contributed by atoms with Crippen molar-refractivity contribution in [3.63, 3.8) is 0 Å². The van der Waals surface area contributed by atoms with E-state index in [2.05, 4.69) is 42.0 Å². The highest BCUT2D eigenvalue weighted by Gasteiger charge is 2.28. The molecule has 0 amide bonds. The zero-order valence-electron chi connectivity index (χ0n) is 36.1. The standard InChI is InChI=1S/C43H78O14P2/c1-4-6-7-8-9-12-16-20-25-30-39(44)31-26-21-18-23-28-33-43(47)57-41(37-56-59(51,52)55-35-40(45)34-54-58(48,49)50)36-53-42(46)32-27-22-17-14-11-10-13-15-19-24-29-38(3)5-2/h9,12,18,20-21,25-26,31,38-41,44-45H,4-8,10-11,13-17,19,22-24,27-30,32-37H2,1-3H3,(H,51,52)(H2,48,49,50)/b12-9-,21-18+,25-20-,31-26-/t38?,39?,40-,41+/m0/s1. The van der Waals surface area contributed by atoms with Crippen LogP contribution >= 0.6 is 15.6 Å². The van der Waals surface area contributed by atoms with Crippen molar-refractivity contribution in [1.82, 2.24) is 0 Å². The van der Waals surface area contributed by atoms with Crippen molar-refractivity contribution in [3.05, 3.63) is 48.6 Å². The summed E-state index contributed by atoms with van der Waals surface area (Å²) in [6.07, 6.45) is 32.8. The van der Waals surface area contributed by atoms with Crippen LogP contribution in [0.1, 0.15) is 162 Å². The highest BCUT2D eigenvalue weighted by Crippen LogP contribution is 2.43. The van der Waals surface area contributed by atoms with Crippen LogP contribution in [0.2, 0.25) is 0 Å². The summed E-state index contributed by atoms with van der Waals surface area (Å²) in [6, 6.07) is 0. The van der Waals surface area contributed by atoms with Gasteiger partial charge in [0.15, 0.2) is 6.10 Å². The Kier molecular flexibility index (Phi) is 36.5. The lowest BCUT2D eigenvalue weighted by molar-refractivity contribution is -0.161. The summed E-state index contributed by atoms with van der Waals surface area (Å²) >= 11 is 0. The number of esters is 2. The van der Waals surface area contributed by atoms with Crippen LogP contribution in [-0.4, -0.2) is 81.6 Å². The minimum Gasteiger partial charge on any atom is -0.462 e. The lowest BCUT2D eigenvalue weighted by Gasteiger charge is -2.20. The first-order valence-corrected chi connectivity index (χ1v) is 24.9. The number of hydrogen-bond donors (Lipinski definition) is 5. The van der Waals surface area contributed by atoms with E-state index in [0.717, 1.165) is 38.0 Å². The van der Waals surface area contributed by atoms with Gasteiger partial charge in [-0.3, -0.25) is 23.2 Å². The van der Waals surface area contributed by atoms with E-state index < -0.39 is 72.3 Å². The van der Waals surface area contributed by atoms with E-state index in [0.29, 0.717) is 25.7 Å². The molecule has 0 saturated carbocycles. The summed E-state index contributed by atoms with van der Waals surface area (Å²) in [7, 11) is -9.72. The second-order valence-electron chi connectivity index (χ2n) is 15.1. The molecule has 0 radical (unpaired) electrons. The normalized spacial score (nSPS) is 15.6. The molecule has 5 atom stereocenters. The summed E-state index contributed by atoms with van der Waals surface area (Å²) in [5.74, 6) is -0.345. The van der Waals surface area contributed by atoms with E-state index >= 15 is 0 Å². The zero-order valence-corrected chi connectivity index (χ0v) is 37.9. The molecule has 0 fully saturated rings. The molecule has 0 aliphatic rings. The molecule has 3 unspecified atom stereocenters. The Hall–Kier alpha value is -1.96. The number of rotatable bonds is 40. The van der Waals surface area contributed by atoms with E-state index in [4.69, 9.17) is 23.8 Å². The molecular formula is C43H78O14P2. The predicted octanol–water partition coefficient (Wildman–Crippen LogP) is 9.89. The Morgan fingerprint density at radius 2 is 1.22 bits per heavy atom. The van der Waals surface area contributed by atoms with Gasteiger partial charge < -0.3 is 34.4 Å². The third-order valence-corrected chi connectivity index (χ3v) is 10.8. The summed E-state index contributed by atoms with van der Waals surface area (Å²) in [5.41, 5.74) is 0. The van der Waals surface area contributed by atoms with Crippen molar-refractivity contribution in [2.45, 2.75) is 180 Å². The molecule has 0 aliphatic heterocycles. The van der Waals surface area contributed by atoms with E-state index in [1.54, 1.807) is 18.2 Å². The van der Waals surface area contributed by atoms with Crippen LogP contribution in [0.3, 0.4) is 0 Å². The van der Waals surface area contributed by atoms with Gasteiger partial charge in [-0.2, -0.15) is 0 Å². The van der Waals surface area contributed by atoms with Gasteiger partial charge >= 0.3 is 27.6 Å². The van der Waals surface area contributed by atoms with E-state index in [1.165, 1.54) is 70.6 Å². The van der Waals surface area contributed by atoms with Crippen LogP contribution < -0.4 is 0 Å². The zero-order chi connectivity index (χ0) is 44.0. The predicted molar refractivity (Wildman–Crippen MR) is 231 cm³/mol. The average molecular weight is 881 g/mol. The van der Waals surface area contributed by atoms with Crippen LogP contribution in [0.25, 0.3) is 0 Å². The van der Waals surface area contributed by atoms with Crippen LogP contribution in [0.4, 0.5) is 0 Å². The number of allylic oxidation sites excluding steroid dienone is 6. The molecule has 0 rings (SSSR count). The van der Waals surface area contributed by atoms with Gasteiger partial charge in [-0.25, -0.2) is 9.13 Å². The number of phosphoric ester groups is 2. The number of hydrogen-bond acceptors (Lipinski definition) is 11. The molecule has 59 heavy (non-hydrogen) atoms. The van der Waals surface area contributed by atoms with Crippen molar-refractivity contribution in [3.8, 4) is 0 Å². The number of carbonyl (C=O) groups is 2. The van der Waals surface area contributed by atoms with E-state index in [9.17, 15) is 33.8 Å². The SMILES string of the molecule is CCCCC/C=C\C/C=C\CC(O)/C=C\C=C\CCCC(=O)O[C@H](COC(=O)CCCCCCCCCCCCC(C)CC)COP(=O)(O)OC[C@@H](O)COP(=O)(O)O. The molecule has 16 heteroatoms. The fourth-order valence-electron chi connectivity index (χ4n) is 5.57. The van der Waals surface area contributed by atoms with Gasteiger partial charge in [-0.1, -0.05) is 153 Å². The maximum Gasteiger partial charge on any atom is 0.472 e. The summed E-state index contributed by atoms with van der Waals surface area (Å²) in [6.45, 7) is 3.89. The molecule has 0 saturated heterocycles. The Morgan fingerprint density at radius 1 is 0.627 bits per heavy atom. The van der Waals surface area contributed by atoms with Gasteiger partial charge in [0.25, 0.3) is 0 Å². The van der Waals surface area contributed by atoms with Crippen molar-refractivity contribution in [2.75, 3.05) is 26.4 Å². The number of ether oxygens (including phenoxy) is 2. The molecule has 0 bridgehead atoms. The van der Waals surface area contributed by atoms with Gasteiger partial charge in [0.1, 0.15) is 12.7 Å². The van der Waals surface area contributed by atoms with E-state index in [1.807, 2.05) is 18.2 Å². The van der Waals surface area contributed by atoms with Crippen LogP contribution in [0.15, 0.2) is 48.6 Å². The molecule has 0 spiro atoms. The molecule has 5 N–H and O–H groups in total. The smallest absolute Gasteiger partial charge is 0.462 e. The summed E-state index contributed by atoms with van der Waals surface area (Å²) in [4.78, 5) is 52.6. The first-order chi connectivity index (χ1) is 28.2. The second kappa shape index (κ2) is 37.8. The quantitative estimate of drug-likeness (QED) is 0.0127. The Bertz CT molecular complexity index is 1260. The summed E-state index contributed by atoms with van der Waals surface area (Å²) in [5, 5.41) is 19.9. The maximum atomic E-state index is 12.6. The molecule has 0 aromatic rings. The molecule has 0 heterocycles. The van der Waals surface area contributed by atoms with E-state index in [-0.39, 0.29) is 12.8 Å². The van der Waals surface area contributed by atoms with Crippen molar-refractivity contribution >= 4 is 27.6 Å². The highest BCUT2D eigenvalue weighted by molar-refractivity contribution is 7.47. The van der Waals surface area contributed by atoms with Crippen molar-refractivity contribution in [1.29, 1.82) is 0 Å². The number of aliphatic hydroxyl groups is 2.